The predicted octanol–water partition coefficient (Wildman–Crippen LogP) is -0.976. The molecule has 0 amide bonds. The summed E-state index contributed by atoms with van der Waals surface area (Å²) in [5.74, 6) is 0. The van der Waals surface area contributed by atoms with Crippen LogP contribution in [0.1, 0.15) is 32.6 Å². The SMILES string of the molecule is [CH2-]CCCCC.[I-].[Mg+2]. The molecule has 0 aromatic rings. The minimum Gasteiger partial charge on any atom is -1.00 e. The van der Waals surface area contributed by atoms with Crippen LogP contribution in [0, 0.1) is 6.92 Å². The first kappa shape index (κ1) is 16.2. The molecular weight excluding hydrogens is 223 g/mol. The largest absolute Gasteiger partial charge is 2.00 e. The van der Waals surface area contributed by atoms with Crippen molar-refractivity contribution in [2.24, 2.45) is 0 Å². The minimum atomic E-state index is 0. The van der Waals surface area contributed by atoms with Gasteiger partial charge in [-0.25, -0.2) is 0 Å². The first-order chi connectivity index (χ1) is 2.91. The van der Waals surface area contributed by atoms with Gasteiger partial charge in [-0.1, -0.05) is 26.2 Å². The van der Waals surface area contributed by atoms with E-state index in [9.17, 15) is 0 Å². The Bertz CT molecular complexity index is 20.5. The molecular formula is C6H13IMg. The zero-order valence-corrected chi connectivity index (χ0v) is 9.19. The van der Waals surface area contributed by atoms with Crippen molar-refractivity contribution < 1.29 is 24.0 Å². The van der Waals surface area contributed by atoms with Crippen molar-refractivity contribution in [2.45, 2.75) is 32.6 Å². The number of hydrogen-bond acceptors (Lipinski definition) is 0. The summed E-state index contributed by atoms with van der Waals surface area (Å²) in [4.78, 5) is 0. The fraction of sp³-hybridized carbons (Fsp3) is 0.833. The Kier molecular flexibility index (Phi) is 32.1. The van der Waals surface area contributed by atoms with Crippen LogP contribution >= 0.6 is 0 Å². The van der Waals surface area contributed by atoms with E-state index in [-0.39, 0.29) is 47.0 Å². The van der Waals surface area contributed by atoms with Crippen LogP contribution in [-0.4, -0.2) is 23.1 Å². The Morgan fingerprint density at radius 1 is 1.25 bits per heavy atom. The molecule has 0 saturated heterocycles. The number of halogens is 1. The first-order valence-corrected chi connectivity index (χ1v) is 2.71. The van der Waals surface area contributed by atoms with Gasteiger partial charge in [0, 0.05) is 0 Å². The van der Waals surface area contributed by atoms with E-state index in [4.69, 9.17) is 0 Å². The van der Waals surface area contributed by atoms with Crippen molar-refractivity contribution in [1.82, 2.24) is 0 Å². The Labute approximate surface area is 86.0 Å². The van der Waals surface area contributed by atoms with Crippen LogP contribution in [0.5, 0.6) is 0 Å². The van der Waals surface area contributed by atoms with Gasteiger partial charge in [0.25, 0.3) is 0 Å². The molecule has 2 heteroatoms. The summed E-state index contributed by atoms with van der Waals surface area (Å²) in [5, 5.41) is 0. The van der Waals surface area contributed by atoms with Crippen LogP contribution in [0.15, 0.2) is 0 Å². The second-order valence-corrected chi connectivity index (χ2v) is 1.56. The van der Waals surface area contributed by atoms with Crippen LogP contribution in [0.25, 0.3) is 0 Å². The first-order valence-electron chi connectivity index (χ1n) is 2.71. The maximum absolute atomic E-state index is 3.72. The topological polar surface area (TPSA) is 0 Å². The van der Waals surface area contributed by atoms with E-state index in [0.717, 1.165) is 6.42 Å². The van der Waals surface area contributed by atoms with Gasteiger partial charge in [0.15, 0.2) is 0 Å². The van der Waals surface area contributed by atoms with Crippen molar-refractivity contribution in [3.8, 4) is 0 Å². The van der Waals surface area contributed by atoms with Gasteiger partial charge in [0.2, 0.25) is 0 Å². The summed E-state index contributed by atoms with van der Waals surface area (Å²) >= 11 is 0. The van der Waals surface area contributed by atoms with E-state index >= 15 is 0 Å². The van der Waals surface area contributed by atoms with Crippen LogP contribution < -0.4 is 24.0 Å². The molecule has 0 aliphatic heterocycles. The Balaban J connectivity index is -0.000000125. The van der Waals surface area contributed by atoms with Crippen molar-refractivity contribution in [2.75, 3.05) is 0 Å². The summed E-state index contributed by atoms with van der Waals surface area (Å²) in [5.41, 5.74) is 0. The van der Waals surface area contributed by atoms with Crippen LogP contribution in [0.4, 0.5) is 0 Å². The Morgan fingerprint density at radius 3 is 1.88 bits per heavy atom. The summed E-state index contributed by atoms with van der Waals surface area (Å²) in [7, 11) is 0. The van der Waals surface area contributed by atoms with E-state index < -0.39 is 0 Å². The Morgan fingerprint density at radius 2 is 1.75 bits per heavy atom. The molecule has 0 saturated carbocycles. The molecule has 0 bridgehead atoms. The van der Waals surface area contributed by atoms with Gasteiger partial charge in [0.05, 0.1) is 0 Å². The molecule has 0 nitrogen and oxygen atoms in total. The molecule has 0 fully saturated rings. The smallest absolute Gasteiger partial charge is 1.00 e. The van der Waals surface area contributed by atoms with Crippen molar-refractivity contribution in [3.05, 3.63) is 6.92 Å². The fourth-order valence-corrected chi connectivity index (χ4v) is 0.427. The number of unbranched alkanes of at least 4 members (excludes halogenated alkanes) is 3. The third-order valence-corrected chi connectivity index (χ3v) is 0.854. The third kappa shape index (κ3) is 15.6. The molecule has 8 heavy (non-hydrogen) atoms. The molecule has 46 valence electrons. The van der Waals surface area contributed by atoms with E-state index in [1.165, 1.54) is 19.3 Å². The van der Waals surface area contributed by atoms with Gasteiger partial charge in [0.1, 0.15) is 0 Å². The molecule has 0 rings (SSSR count). The normalized spacial score (nSPS) is 6.75. The molecule has 0 radical (unpaired) electrons. The van der Waals surface area contributed by atoms with E-state index in [0.29, 0.717) is 0 Å². The van der Waals surface area contributed by atoms with E-state index in [2.05, 4.69) is 13.8 Å². The third-order valence-electron chi connectivity index (χ3n) is 0.854. The van der Waals surface area contributed by atoms with Gasteiger partial charge in [-0.3, -0.25) is 0 Å². The minimum absolute atomic E-state index is 0. The molecule has 0 spiro atoms. The van der Waals surface area contributed by atoms with Crippen molar-refractivity contribution in [3.63, 3.8) is 0 Å². The number of hydrogen-bond donors (Lipinski definition) is 0. The Hall–Kier alpha value is 1.50. The average molecular weight is 236 g/mol. The standard InChI is InChI=1S/C6H13.HI.Mg/c1-3-5-6-4-2;;/h1,3-6H2,2H3;1H;/q-1;;+2/p-1. The zero-order valence-electron chi connectivity index (χ0n) is 5.62. The summed E-state index contributed by atoms with van der Waals surface area (Å²) in [6, 6.07) is 0. The fourth-order valence-electron chi connectivity index (χ4n) is 0.427. The average Bonchev–Trinajstić information content (AvgIpc) is 1.61. The molecule has 0 unspecified atom stereocenters. The summed E-state index contributed by atoms with van der Waals surface area (Å²) in [6.45, 7) is 5.93. The van der Waals surface area contributed by atoms with Crippen molar-refractivity contribution >= 4 is 23.1 Å². The maximum atomic E-state index is 3.72. The zero-order chi connectivity index (χ0) is 4.83. The van der Waals surface area contributed by atoms with E-state index in [1.54, 1.807) is 0 Å². The maximum Gasteiger partial charge on any atom is 2.00 e. The molecule has 0 N–H and O–H groups in total. The van der Waals surface area contributed by atoms with E-state index in [1.807, 2.05) is 0 Å². The predicted molar refractivity (Wildman–Crippen MR) is 35.3 cm³/mol. The molecule has 0 aromatic heterocycles. The molecule has 0 aliphatic carbocycles. The van der Waals surface area contributed by atoms with Crippen LogP contribution in [0.2, 0.25) is 0 Å². The molecule has 0 aliphatic rings. The van der Waals surface area contributed by atoms with Crippen LogP contribution in [0.3, 0.4) is 0 Å². The van der Waals surface area contributed by atoms with Crippen LogP contribution in [-0.2, 0) is 0 Å². The van der Waals surface area contributed by atoms with Gasteiger partial charge in [-0.15, -0.1) is 0 Å². The molecule has 0 atom stereocenters. The van der Waals surface area contributed by atoms with Gasteiger partial charge in [-0.2, -0.15) is 6.42 Å². The van der Waals surface area contributed by atoms with Gasteiger partial charge < -0.3 is 30.9 Å². The second-order valence-electron chi connectivity index (χ2n) is 1.56. The second kappa shape index (κ2) is 15.8. The quantitative estimate of drug-likeness (QED) is 0.256. The van der Waals surface area contributed by atoms with Gasteiger partial charge in [-0.05, 0) is 0 Å². The van der Waals surface area contributed by atoms with Gasteiger partial charge >= 0.3 is 23.1 Å². The van der Waals surface area contributed by atoms with Crippen molar-refractivity contribution in [1.29, 1.82) is 0 Å². The monoisotopic (exact) mass is 236 g/mol. The summed E-state index contributed by atoms with van der Waals surface area (Å²) in [6.07, 6.45) is 5.07. The summed E-state index contributed by atoms with van der Waals surface area (Å²) < 4.78 is 0. The molecule has 0 heterocycles. The molecule has 0 aromatic carbocycles. The number of rotatable bonds is 3.